The molecule has 1 aromatic heterocycles. The van der Waals surface area contributed by atoms with Crippen LogP contribution in [-0.2, 0) is 4.79 Å². The number of aromatic hydroxyl groups is 2. The van der Waals surface area contributed by atoms with Crippen molar-refractivity contribution in [1.29, 1.82) is 0 Å². The summed E-state index contributed by atoms with van der Waals surface area (Å²) in [6.07, 6.45) is 0. The number of benzene rings is 3. The summed E-state index contributed by atoms with van der Waals surface area (Å²) in [5.74, 6) is -0.779. The first-order valence-corrected chi connectivity index (χ1v) is 11.2. The lowest BCUT2D eigenvalue weighted by Gasteiger charge is -2.41. The van der Waals surface area contributed by atoms with Crippen LogP contribution < -0.4 is 10.2 Å². The Morgan fingerprint density at radius 2 is 1.51 bits per heavy atom. The number of nitrogens with zero attached hydrogens (tertiary/aromatic N) is 2. The fourth-order valence-electron chi connectivity index (χ4n) is 4.54. The van der Waals surface area contributed by atoms with Crippen LogP contribution in [0.5, 0.6) is 11.5 Å². The average Bonchev–Trinajstić information content (AvgIpc) is 2.85. The SMILES string of the molecule is Cc1cccc(NC(=O)[C@@H]2c3ccccc3C(=O)N(c3ccc(O)cc3)[C@H]2c2ccc(O)cc2)n1. The summed E-state index contributed by atoms with van der Waals surface area (Å²) < 4.78 is 0. The molecule has 0 unspecified atom stereocenters. The van der Waals surface area contributed by atoms with Crippen molar-refractivity contribution in [2.45, 2.75) is 18.9 Å². The monoisotopic (exact) mass is 465 g/mol. The van der Waals surface area contributed by atoms with Gasteiger partial charge in [0.05, 0.1) is 12.0 Å². The summed E-state index contributed by atoms with van der Waals surface area (Å²) in [5, 5.41) is 22.6. The van der Waals surface area contributed by atoms with Gasteiger partial charge in [-0.2, -0.15) is 0 Å². The van der Waals surface area contributed by atoms with E-state index in [4.69, 9.17) is 0 Å². The fraction of sp³-hybridized carbons (Fsp3) is 0.107. The number of aryl methyl sites for hydroxylation is 1. The Bertz CT molecular complexity index is 1400. The van der Waals surface area contributed by atoms with Crippen molar-refractivity contribution in [2.75, 3.05) is 10.2 Å². The molecule has 1 aliphatic heterocycles. The summed E-state index contributed by atoms with van der Waals surface area (Å²) in [5.41, 5.74) is 3.01. The number of carbonyl (C=O) groups excluding carboxylic acids is 2. The highest BCUT2D eigenvalue weighted by Gasteiger charge is 2.45. The number of aromatic nitrogens is 1. The molecule has 2 atom stereocenters. The third kappa shape index (κ3) is 4.19. The van der Waals surface area contributed by atoms with Gasteiger partial charge in [-0.25, -0.2) is 4.98 Å². The summed E-state index contributed by atoms with van der Waals surface area (Å²) in [4.78, 5) is 33.6. The Morgan fingerprint density at radius 3 is 2.20 bits per heavy atom. The van der Waals surface area contributed by atoms with E-state index in [-0.39, 0.29) is 23.3 Å². The molecule has 2 heterocycles. The molecule has 2 amide bonds. The molecule has 1 aliphatic rings. The van der Waals surface area contributed by atoms with Gasteiger partial charge in [-0.1, -0.05) is 36.4 Å². The minimum atomic E-state index is -0.774. The molecule has 174 valence electrons. The summed E-state index contributed by atoms with van der Waals surface area (Å²) >= 11 is 0. The maximum Gasteiger partial charge on any atom is 0.259 e. The summed E-state index contributed by atoms with van der Waals surface area (Å²) in [7, 11) is 0. The van der Waals surface area contributed by atoms with Gasteiger partial charge in [-0.05, 0) is 72.6 Å². The number of carbonyl (C=O) groups is 2. The number of amides is 2. The van der Waals surface area contributed by atoms with Gasteiger partial charge in [0.2, 0.25) is 5.91 Å². The highest BCUT2D eigenvalue weighted by molar-refractivity contribution is 6.12. The van der Waals surface area contributed by atoms with Crippen LogP contribution in [0.15, 0.2) is 91.0 Å². The number of hydrogen-bond donors (Lipinski definition) is 3. The van der Waals surface area contributed by atoms with Crippen molar-refractivity contribution in [1.82, 2.24) is 4.98 Å². The lowest BCUT2D eigenvalue weighted by atomic mass is 9.78. The Hall–Kier alpha value is -4.65. The van der Waals surface area contributed by atoms with E-state index in [1.807, 2.05) is 19.1 Å². The molecule has 0 bridgehead atoms. The molecule has 0 fully saturated rings. The molecule has 3 N–H and O–H groups in total. The van der Waals surface area contributed by atoms with Crippen molar-refractivity contribution >= 4 is 23.3 Å². The predicted molar refractivity (Wildman–Crippen MR) is 133 cm³/mol. The second-order valence-electron chi connectivity index (χ2n) is 8.45. The molecule has 0 spiro atoms. The Balaban J connectivity index is 1.69. The molecule has 3 aromatic carbocycles. The van der Waals surface area contributed by atoms with Gasteiger partial charge in [-0.15, -0.1) is 0 Å². The first-order chi connectivity index (χ1) is 16.9. The maximum absolute atomic E-state index is 13.9. The van der Waals surface area contributed by atoms with E-state index in [0.29, 0.717) is 28.2 Å². The van der Waals surface area contributed by atoms with Crippen LogP contribution in [0.2, 0.25) is 0 Å². The number of rotatable bonds is 4. The summed E-state index contributed by atoms with van der Waals surface area (Å²) in [6, 6.07) is 24.5. The van der Waals surface area contributed by atoms with Gasteiger partial charge in [0.1, 0.15) is 17.3 Å². The van der Waals surface area contributed by atoms with Gasteiger partial charge in [0.15, 0.2) is 0 Å². The van der Waals surface area contributed by atoms with Crippen molar-refractivity contribution in [3.8, 4) is 11.5 Å². The highest BCUT2D eigenvalue weighted by atomic mass is 16.3. The van der Waals surface area contributed by atoms with Crippen molar-refractivity contribution < 1.29 is 19.8 Å². The Morgan fingerprint density at radius 1 is 0.857 bits per heavy atom. The van der Waals surface area contributed by atoms with E-state index >= 15 is 0 Å². The van der Waals surface area contributed by atoms with Crippen LogP contribution in [0, 0.1) is 6.92 Å². The van der Waals surface area contributed by atoms with E-state index in [1.54, 1.807) is 59.5 Å². The molecule has 7 heteroatoms. The first-order valence-electron chi connectivity index (χ1n) is 11.2. The van der Waals surface area contributed by atoms with Gasteiger partial charge < -0.3 is 15.5 Å². The van der Waals surface area contributed by atoms with Crippen LogP contribution in [0.25, 0.3) is 0 Å². The van der Waals surface area contributed by atoms with Crippen LogP contribution in [0.3, 0.4) is 0 Å². The fourth-order valence-corrected chi connectivity index (χ4v) is 4.54. The second kappa shape index (κ2) is 8.95. The largest absolute Gasteiger partial charge is 0.508 e. The zero-order chi connectivity index (χ0) is 24.5. The minimum absolute atomic E-state index is 0.0691. The van der Waals surface area contributed by atoms with Gasteiger partial charge in [-0.3, -0.25) is 14.5 Å². The van der Waals surface area contributed by atoms with Crippen LogP contribution >= 0.6 is 0 Å². The Kier molecular flexibility index (Phi) is 5.66. The van der Waals surface area contributed by atoms with Gasteiger partial charge in [0.25, 0.3) is 5.91 Å². The molecule has 0 saturated carbocycles. The van der Waals surface area contributed by atoms with E-state index < -0.39 is 12.0 Å². The van der Waals surface area contributed by atoms with Gasteiger partial charge >= 0.3 is 0 Å². The number of nitrogens with one attached hydrogen (secondary N) is 1. The molecule has 7 nitrogen and oxygen atoms in total. The average molecular weight is 466 g/mol. The van der Waals surface area contributed by atoms with Crippen molar-refractivity contribution in [3.63, 3.8) is 0 Å². The van der Waals surface area contributed by atoms with Crippen LogP contribution in [-0.4, -0.2) is 27.0 Å². The second-order valence-corrected chi connectivity index (χ2v) is 8.45. The molecular weight excluding hydrogens is 442 g/mol. The molecular formula is C28H23N3O4. The predicted octanol–water partition coefficient (Wildman–Crippen LogP) is 4.93. The van der Waals surface area contributed by atoms with E-state index in [0.717, 1.165) is 5.69 Å². The minimum Gasteiger partial charge on any atom is -0.508 e. The topological polar surface area (TPSA) is 103 Å². The molecule has 5 rings (SSSR count). The zero-order valence-electron chi connectivity index (χ0n) is 18.9. The smallest absolute Gasteiger partial charge is 0.259 e. The molecule has 35 heavy (non-hydrogen) atoms. The maximum atomic E-state index is 13.9. The molecule has 0 saturated heterocycles. The quantitative estimate of drug-likeness (QED) is 0.397. The van der Waals surface area contributed by atoms with Crippen LogP contribution in [0.1, 0.15) is 39.1 Å². The lowest BCUT2D eigenvalue weighted by Crippen LogP contribution is -2.46. The molecule has 0 aliphatic carbocycles. The molecule has 4 aromatic rings. The number of phenols is 2. The normalized spacial score (nSPS) is 17.1. The standard InChI is InChI=1S/C28H23N3O4/c1-17-5-4-8-24(29-17)30-27(34)25-22-6-2-3-7-23(22)28(35)31(19-11-15-21(33)16-12-19)26(25)18-9-13-20(32)14-10-18/h2-16,25-26,32-33H,1H3,(H,29,30,34)/t25-,26+/m1/s1. The Labute approximate surface area is 202 Å². The van der Waals surface area contributed by atoms with Crippen molar-refractivity contribution in [2.24, 2.45) is 0 Å². The van der Waals surface area contributed by atoms with Crippen LogP contribution in [0.4, 0.5) is 11.5 Å². The van der Waals surface area contributed by atoms with E-state index in [9.17, 15) is 19.8 Å². The third-order valence-electron chi connectivity index (χ3n) is 6.12. The number of phenolic OH excluding ortho intramolecular Hbond substituents is 2. The van der Waals surface area contributed by atoms with Gasteiger partial charge in [0, 0.05) is 16.9 Å². The molecule has 0 radical (unpaired) electrons. The van der Waals surface area contributed by atoms with E-state index in [2.05, 4.69) is 10.3 Å². The first kappa shape index (κ1) is 22.2. The highest BCUT2D eigenvalue weighted by Crippen LogP contribution is 2.45. The summed E-state index contributed by atoms with van der Waals surface area (Å²) in [6.45, 7) is 1.84. The van der Waals surface area contributed by atoms with E-state index in [1.165, 1.54) is 24.3 Å². The number of fused-ring (bicyclic) bond motifs is 1. The number of hydrogen-bond acceptors (Lipinski definition) is 5. The number of pyridine rings is 1. The van der Waals surface area contributed by atoms with Crippen molar-refractivity contribution in [3.05, 3.63) is 113 Å². The zero-order valence-corrected chi connectivity index (χ0v) is 18.9. The lowest BCUT2D eigenvalue weighted by molar-refractivity contribution is -0.118. The third-order valence-corrected chi connectivity index (χ3v) is 6.12. The number of anilines is 2.